The molecule has 0 radical (unpaired) electrons. The number of amides is 1. The summed E-state index contributed by atoms with van der Waals surface area (Å²) < 4.78 is 16.2. The van der Waals surface area contributed by atoms with E-state index in [0.717, 1.165) is 43.5 Å². The van der Waals surface area contributed by atoms with E-state index >= 15 is 0 Å². The van der Waals surface area contributed by atoms with Crippen molar-refractivity contribution in [2.24, 2.45) is 0 Å². The van der Waals surface area contributed by atoms with E-state index in [-0.39, 0.29) is 5.91 Å². The zero-order valence-electron chi connectivity index (χ0n) is 16.2. The largest absolute Gasteiger partial charge is 0.493 e. The van der Waals surface area contributed by atoms with Crippen LogP contribution in [0.1, 0.15) is 44.7 Å². The van der Waals surface area contributed by atoms with Gasteiger partial charge in [-0.1, -0.05) is 5.16 Å². The van der Waals surface area contributed by atoms with E-state index in [9.17, 15) is 4.79 Å². The van der Waals surface area contributed by atoms with E-state index in [1.807, 2.05) is 29.2 Å². The molecule has 0 bridgehead atoms. The number of ether oxygens (including phenoxy) is 2. The van der Waals surface area contributed by atoms with Gasteiger partial charge in [0.05, 0.1) is 25.3 Å². The lowest BCUT2D eigenvalue weighted by Crippen LogP contribution is -2.47. The van der Waals surface area contributed by atoms with Crippen LogP contribution in [0.4, 0.5) is 0 Å². The van der Waals surface area contributed by atoms with Crippen LogP contribution in [0.5, 0.6) is 11.5 Å². The number of likely N-dealkylation sites (tertiary alicyclic amines) is 1. The molecule has 1 amide bonds. The Bertz CT molecular complexity index is 840. The van der Waals surface area contributed by atoms with Gasteiger partial charge in [0, 0.05) is 24.2 Å². The number of methoxy groups -OCH3 is 2. The highest BCUT2D eigenvalue weighted by Crippen LogP contribution is 2.50. The molecule has 1 aliphatic carbocycles. The van der Waals surface area contributed by atoms with Crippen molar-refractivity contribution in [2.75, 3.05) is 20.8 Å². The lowest BCUT2D eigenvalue weighted by molar-refractivity contribution is -0.137. The molecule has 2 fully saturated rings. The van der Waals surface area contributed by atoms with Gasteiger partial charge >= 0.3 is 0 Å². The van der Waals surface area contributed by atoms with Crippen molar-refractivity contribution in [3.05, 3.63) is 30.0 Å². The van der Waals surface area contributed by atoms with Gasteiger partial charge in [0.25, 0.3) is 0 Å². The molecule has 1 aromatic heterocycles. The predicted octanol–water partition coefficient (Wildman–Crippen LogP) is 3.79. The molecule has 2 aromatic rings. The third-order valence-electron chi connectivity index (χ3n) is 5.89. The first kappa shape index (κ1) is 17.9. The molecule has 1 aliphatic heterocycles. The number of hydrogen-bond donors (Lipinski definition) is 0. The Morgan fingerprint density at radius 1 is 1.19 bits per heavy atom. The fraction of sp³-hybridized carbons (Fsp3) is 0.524. The lowest BCUT2D eigenvalue weighted by Gasteiger charge is -2.35. The second-order valence-electron chi connectivity index (χ2n) is 7.57. The van der Waals surface area contributed by atoms with Gasteiger partial charge in [-0.2, -0.15) is 0 Å². The lowest BCUT2D eigenvalue weighted by atomic mass is 9.95. The van der Waals surface area contributed by atoms with Crippen molar-refractivity contribution in [1.29, 1.82) is 0 Å². The molecule has 1 saturated heterocycles. The number of carbonyl (C=O) groups excluding carboxylic acids is 1. The zero-order chi connectivity index (χ0) is 19.0. The van der Waals surface area contributed by atoms with Gasteiger partial charge in [0.1, 0.15) is 0 Å². The van der Waals surface area contributed by atoms with Gasteiger partial charge in [0.15, 0.2) is 17.3 Å². The number of carbonyl (C=O) groups is 1. The third-order valence-corrected chi connectivity index (χ3v) is 5.89. The first-order chi connectivity index (χ1) is 13.1. The van der Waals surface area contributed by atoms with Gasteiger partial charge in [-0.3, -0.25) is 4.79 Å². The molecule has 6 nitrogen and oxygen atoms in total. The molecule has 4 rings (SSSR count). The molecule has 144 valence electrons. The van der Waals surface area contributed by atoms with E-state index < -0.39 is 5.41 Å². The molecule has 1 saturated carbocycles. The second kappa shape index (κ2) is 6.91. The summed E-state index contributed by atoms with van der Waals surface area (Å²) in [6, 6.07) is 7.81. The van der Waals surface area contributed by atoms with E-state index in [0.29, 0.717) is 23.3 Å². The Hall–Kier alpha value is -2.50. The summed E-state index contributed by atoms with van der Waals surface area (Å²) in [5, 5.41) is 4.27. The monoisotopic (exact) mass is 370 g/mol. The molecule has 1 unspecified atom stereocenters. The van der Waals surface area contributed by atoms with Gasteiger partial charge in [-0.25, -0.2) is 0 Å². The van der Waals surface area contributed by atoms with Crippen LogP contribution in [0.25, 0.3) is 11.3 Å². The Balaban J connectivity index is 1.60. The first-order valence-corrected chi connectivity index (χ1v) is 9.60. The number of nitrogens with zero attached hydrogens (tertiary/aromatic N) is 2. The van der Waals surface area contributed by atoms with Gasteiger partial charge < -0.3 is 18.9 Å². The van der Waals surface area contributed by atoms with Crippen molar-refractivity contribution >= 4 is 5.91 Å². The molecular weight excluding hydrogens is 344 g/mol. The zero-order valence-corrected chi connectivity index (χ0v) is 16.2. The quantitative estimate of drug-likeness (QED) is 0.801. The van der Waals surface area contributed by atoms with Crippen molar-refractivity contribution in [1.82, 2.24) is 10.1 Å². The van der Waals surface area contributed by atoms with Gasteiger partial charge in [-0.05, 0) is 57.2 Å². The van der Waals surface area contributed by atoms with Crippen LogP contribution in [0, 0.1) is 0 Å². The Morgan fingerprint density at radius 2 is 1.96 bits per heavy atom. The van der Waals surface area contributed by atoms with Gasteiger partial charge in [-0.15, -0.1) is 0 Å². The van der Waals surface area contributed by atoms with E-state index in [1.165, 1.54) is 6.42 Å². The van der Waals surface area contributed by atoms with Crippen molar-refractivity contribution in [3.63, 3.8) is 0 Å². The minimum atomic E-state index is -0.496. The Morgan fingerprint density at radius 3 is 2.63 bits per heavy atom. The molecule has 1 atom stereocenters. The standard InChI is InChI=1S/C21H26N2O4/c1-14-6-4-5-11-23(14)20(24)21(9-10-21)19-13-17(27-22-19)15-7-8-16(25-2)18(12-15)26-3/h7-8,12-14H,4-6,9-11H2,1-3H3. The van der Waals surface area contributed by atoms with Crippen molar-refractivity contribution < 1.29 is 18.8 Å². The number of aromatic nitrogens is 1. The first-order valence-electron chi connectivity index (χ1n) is 9.60. The molecule has 2 heterocycles. The van der Waals surface area contributed by atoms with Crippen LogP contribution in [-0.2, 0) is 10.2 Å². The molecular formula is C21H26N2O4. The van der Waals surface area contributed by atoms with Crippen LogP contribution in [0.15, 0.2) is 28.8 Å². The van der Waals surface area contributed by atoms with Crippen molar-refractivity contribution in [3.8, 4) is 22.8 Å². The molecule has 27 heavy (non-hydrogen) atoms. The topological polar surface area (TPSA) is 64.8 Å². The number of piperidine rings is 1. The summed E-state index contributed by atoms with van der Waals surface area (Å²) in [6.07, 6.45) is 5.05. The maximum Gasteiger partial charge on any atom is 0.235 e. The predicted molar refractivity (Wildman–Crippen MR) is 101 cm³/mol. The Kier molecular flexibility index (Phi) is 4.58. The molecule has 0 N–H and O–H groups in total. The summed E-state index contributed by atoms with van der Waals surface area (Å²) in [7, 11) is 3.21. The molecule has 1 aromatic carbocycles. The van der Waals surface area contributed by atoms with Crippen LogP contribution in [-0.4, -0.2) is 42.8 Å². The van der Waals surface area contributed by atoms with Gasteiger partial charge in [0.2, 0.25) is 5.91 Å². The maximum atomic E-state index is 13.2. The number of rotatable bonds is 5. The highest BCUT2D eigenvalue weighted by Gasteiger charge is 2.56. The van der Waals surface area contributed by atoms with Crippen LogP contribution < -0.4 is 9.47 Å². The fourth-order valence-electron chi connectivity index (χ4n) is 4.01. The highest BCUT2D eigenvalue weighted by molar-refractivity contribution is 5.91. The minimum absolute atomic E-state index is 0.210. The van der Waals surface area contributed by atoms with Crippen LogP contribution >= 0.6 is 0 Å². The summed E-state index contributed by atoms with van der Waals surface area (Å²) in [6.45, 7) is 2.99. The normalized spacial score (nSPS) is 21.0. The van der Waals surface area contributed by atoms with E-state index in [4.69, 9.17) is 14.0 Å². The van der Waals surface area contributed by atoms with E-state index in [2.05, 4.69) is 12.1 Å². The fourth-order valence-corrected chi connectivity index (χ4v) is 4.01. The maximum absolute atomic E-state index is 13.2. The summed E-state index contributed by atoms with van der Waals surface area (Å²) in [5.41, 5.74) is 1.10. The highest BCUT2D eigenvalue weighted by atomic mass is 16.5. The summed E-state index contributed by atoms with van der Waals surface area (Å²) in [5.74, 6) is 2.14. The smallest absolute Gasteiger partial charge is 0.235 e. The molecule has 2 aliphatic rings. The van der Waals surface area contributed by atoms with Crippen molar-refractivity contribution in [2.45, 2.75) is 50.5 Å². The molecule has 6 heteroatoms. The third kappa shape index (κ3) is 3.07. The van der Waals surface area contributed by atoms with Crippen LogP contribution in [0.3, 0.4) is 0 Å². The SMILES string of the molecule is COc1ccc(-c2cc(C3(C(=O)N4CCCCC4C)CC3)no2)cc1OC. The number of benzene rings is 1. The summed E-state index contributed by atoms with van der Waals surface area (Å²) >= 11 is 0. The van der Waals surface area contributed by atoms with Crippen LogP contribution in [0.2, 0.25) is 0 Å². The second-order valence-corrected chi connectivity index (χ2v) is 7.57. The molecule has 0 spiro atoms. The summed E-state index contributed by atoms with van der Waals surface area (Å²) in [4.78, 5) is 15.3. The minimum Gasteiger partial charge on any atom is -0.493 e. The Labute approximate surface area is 159 Å². The number of hydrogen-bond acceptors (Lipinski definition) is 5. The average molecular weight is 370 g/mol. The average Bonchev–Trinajstić information content (AvgIpc) is 3.36. The van der Waals surface area contributed by atoms with E-state index in [1.54, 1.807) is 14.2 Å².